The molecule has 1 atom stereocenters. The lowest BCUT2D eigenvalue weighted by atomic mass is 10.00. The largest absolute Gasteiger partial charge is 0.480 e. The number of hydrogen-bond acceptors (Lipinski definition) is 2. The van der Waals surface area contributed by atoms with Gasteiger partial charge in [-0.15, -0.1) is 0 Å². The molecular formula is C14H17NO3. The van der Waals surface area contributed by atoms with E-state index in [4.69, 9.17) is 5.11 Å². The molecule has 0 heterocycles. The predicted octanol–water partition coefficient (Wildman–Crippen LogP) is 1.87. The van der Waals surface area contributed by atoms with Crippen molar-refractivity contribution in [2.45, 2.75) is 31.7 Å². The normalized spacial score (nSPS) is 16.1. The van der Waals surface area contributed by atoms with Gasteiger partial charge in [-0.05, 0) is 25.3 Å². The molecule has 0 aromatic heterocycles. The van der Waals surface area contributed by atoms with Crippen LogP contribution in [0.15, 0.2) is 30.3 Å². The van der Waals surface area contributed by atoms with Crippen LogP contribution in [-0.4, -0.2) is 34.5 Å². The van der Waals surface area contributed by atoms with E-state index >= 15 is 0 Å². The van der Waals surface area contributed by atoms with Crippen LogP contribution in [0.2, 0.25) is 0 Å². The molecule has 4 heteroatoms. The number of carbonyl (C=O) groups is 2. The van der Waals surface area contributed by atoms with Crippen LogP contribution in [0.3, 0.4) is 0 Å². The third-order valence-corrected chi connectivity index (χ3v) is 3.25. The van der Waals surface area contributed by atoms with Crippen molar-refractivity contribution >= 4 is 11.9 Å². The molecule has 1 aliphatic rings. The lowest BCUT2D eigenvalue weighted by molar-refractivity contribution is -0.145. The fourth-order valence-corrected chi connectivity index (χ4v) is 2.05. The van der Waals surface area contributed by atoms with Crippen LogP contribution in [-0.2, 0) is 9.59 Å². The molecule has 1 fully saturated rings. The maximum atomic E-state index is 12.3. The number of carbonyl (C=O) groups excluding carboxylic acids is 1. The van der Waals surface area contributed by atoms with Crippen LogP contribution in [0.25, 0.3) is 0 Å². The summed E-state index contributed by atoms with van der Waals surface area (Å²) in [5.74, 6) is -1.33. The lowest BCUT2D eigenvalue weighted by Crippen LogP contribution is -2.39. The Kier molecular flexibility index (Phi) is 3.65. The van der Waals surface area contributed by atoms with Gasteiger partial charge in [0.25, 0.3) is 0 Å². The number of hydrogen-bond donors (Lipinski definition) is 1. The fraction of sp³-hybridized carbons (Fsp3) is 0.429. The molecule has 0 aliphatic heterocycles. The van der Waals surface area contributed by atoms with E-state index in [0.717, 1.165) is 18.4 Å². The second kappa shape index (κ2) is 5.21. The van der Waals surface area contributed by atoms with Gasteiger partial charge in [0.15, 0.2) is 0 Å². The van der Waals surface area contributed by atoms with E-state index in [9.17, 15) is 9.59 Å². The average Bonchev–Trinajstić information content (AvgIpc) is 3.19. The molecule has 0 bridgehead atoms. The van der Waals surface area contributed by atoms with Crippen molar-refractivity contribution in [3.63, 3.8) is 0 Å². The molecular weight excluding hydrogens is 230 g/mol. The molecule has 1 N–H and O–H groups in total. The van der Waals surface area contributed by atoms with Gasteiger partial charge in [0.1, 0.15) is 6.54 Å². The third-order valence-electron chi connectivity index (χ3n) is 3.25. The second-order valence-electron chi connectivity index (χ2n) is 4.72. The van der Waals surface area contributed by atoms with E-state index in [1.54, 1.807) is 0 Å². The standard InChI is InChI=1S/C14H17NO3/c1-10(11-5-3-2-4-6-11)14(18)15(9-13(16)17)12-7-8-12/h2-6,10,12H,7-9H2,1H3,(H,16,17). The molecule has 96 valence electrons. The first-order valence-electron chi connectivity index (χ1n) is 6.17. The zero-order valence-corrected chi connectivity index (χ0v) is 10.4. The van der Waals surface area contributed by atoms with Crippen LogP contribution < -0.4 is 0 Å². The lowest BCUT2D eigenvalue weighted by Gasteiger charge is -2.24. The highest BCUT2D eigenvalue weighted by Crippen LogP contribution is 2.29. The van der Waals surface area contributed by atoms with Gasteiger partial charge in [0.05, 0.1) is 5.92 Å². The molecule has 0 saturated heterocycles. The van der Waals surface area contributed by atoms with Crippen LogP contribution in [0, 0.1) is 0 Å². The van der Waals surface area contributed by atoms with Gasteiger partial charge < -0.3 is 10.0 Å². The van der Waals surface area contributed by atoms with Crippen molar-refractivity contribution in [3.05, 3.63) is 35.9 Å². The van der Waals surface area contributed by atoms with Crippen LogP contribution in [0.1, 0.15) is 31.2 Å². The van der Waals surface area contributed by atoms with Gasteiger partial charge in [-0.1, -0.05) is 30.3 Å². The second-order valence-corrected chi connectivity index (χ2v) is 4.72. The minimum Gasteiger partial charge on any atom is -0.480 e. The molecule has 2 rings (SSSR count). The Hall–Kier alpha value is -1.84. The minimum absolute atomic E-state index is 0.0916. The van der Waals surface area contributed by atoms with Gasteiger partial charge in [-0.3, -0.25) is 9.59 Å². The molecule has 0 spiro atoms. The highest BCUT2D eigenvalue weighted by atomic mass is 16.4. The first-order chi connectivity index (χ1) is 8.59. The third kappa shape index (κ3) is 2.88. The summed E-state index contributed by atoms with van der Waals surface area (Å²) in [5.41, 5.74) is 0.929. The zero-order valence-electron chi connectivity index (χ0n) is 10.4. The van der Waals surface area contributed by atoms with E-state index in [2.05, 4.69) is 0 Å². The van der Waals surface area contributed by atoms with E-state index < -0.39 is 5.97 Å². The highest BCUT2D eigenvalue weighted by molar-refractivity contribution is 5.87. The number of carboxylic acid groups (broad SMARTS) is 1. The number of amides is 1. The molecule has 1 aromatic rings. The van der Waals surface area contributed by atoms with Crippen LogP contribution in [0.5, 0.6) is 0 Å². The smallest absolute Gasteiger partial charge is 0.323 e. The SMILES string of the molecule is CC(C(=O)N(CC(=O)O)C1CC1)c1ccccc1. The fourth-order valence-electron chi connectivity index (χ4n) is 2.05. The summed E-state index contributed by atoms with van der Waals surface area (Å²) in [5, 5.41) is 8.87. The Morgan fingerprint density at radius 2 is 1.94 bits per heavy atom. The van der Waals surface area contributed by atoms with E-state index in [1.807, 2.05) is 37.3 Å². The van der Waals surface area contributed by atoms with Crippen molar-refractivity contribution in [2.24, 2.45) is 0 Å². The molecule has 1 saturated carbocycles. The Morgan fingerprint density at radius 1 is 1.33 bits per heavy atom. The molecule has 1 aliphatic carbocycles. The predicted molar refractivity (Wildman–Crippen MR) is 67.2 cm³/mol. The summed E-state index contributed by atoms with van der Waals surface area (Å²) in [7, 11) is 0. The van der Waals surface area contributed by atoms with Crippen molar-refractivity contribution in [2.75, 3.05) is 6.54 Å². The highest BCUT2D eigenvalue weighted by Gasteiger charge is 2.35. The monoisotopic (exact) mass is 247 g/mol. The Balaban J connectivity index is 2.10. The summed E-state index contributed by atoms with van der Waals surface area (Å²) in [6, 6.07) is 9.59. The molecule has 1 aromatic carbocycles. The van der Waals surface area contributed by atoms with E-state index in [1.165, 1.54) is 4.90 Å². The van der Waals surface area contributed by atoms with Gasteiger partial charge in [-0.25, -0.2) is 0 Å². The molecule has 1 amide bonds. The quantitative estimate of drug-likeness (QED) is 0.864. The Labute approximate surface area is 106 Å². The zero-order chi connectivity index (χ0) is 13.1. The van der Waals surface area contributed by atoms with Gasteiger partial charge in [0.2, 0.25) is 5.91 Å². The van der Waals surface area contributed by atoms with E-state index in [0.29, 0.717) is 0 Å². The van der Waals surface area contributed by atoms with Gasteiger partial charge in [0, 0.05) is 6.04 Å². The Morgan fingerprint density at radius 3 is 2.44 bits per heavy atom. The number of rotatable bonds is 5. The Bertz CT molecular complexity index is 440. The first-order valence-corrected chi connectivity index (χ1v) is 6.17. The number of benzene rings is 1. The summed E-state index contributed by atoms with van der Waals surface area (Å²) in [6.45, 7) is 1.63. The van der Waals surface area contributed by atoms with Crippen molar-refractivity contribution in [1.82, 2.24) is 4.90 Å². The number of carboxylic acids is 1. The van der Waals surface area contributed by atoms with Crippen molar-refractivity contribution in [1.29, 1.82) is 0 Å². The number of aliphatic carboxylic acids is 1. The molecule has 18 heavy (non-hydrogen) atoms. The van der Waals surface area contributed by atoms with Gasteiger partial charge in [-0.2, -0.15) is 0 Å². The minimum atomic E-state index is -0.949. The van der Waals surface area contributed by atoms with Crippen molar-refractivity contribution < 1.29 is 14.7 Å². The molecule has 4 nitrogen and oxygen atoms in total. The average molecular weight is 247 g/mol. The number of nitrogens with zero attached hydrogens (tertiary/aromatic N) is 1. The topological polar surface area (TPSA) is 57.6 Å². The van der Waals surface area contributed by atoms with Gasteiger partial charge >= 0.3 is 5.97 Å². The maximum absolute atomic E-state index is 12.3. The summed E-state index contributed by atoms with van der Waals surface area (Å²) in [6.07, 6.45) is 1.83. The summed E-state index contributed by atoms with van der Waals surface area (Å²) in [4.78, 5) is 24.6. The van der Waals surface area contributed by atoms with Crippen LogP contribution in [0.4, 0.5) is 0 Å². The van der Waals surface area contributed by atoms with E-state index in [-0.39, 0.29) is 24.4 Å². The maximum Gasteiger partial charge on any atom is 0.323 e. The van der Waals surface area contributed by atoms with Crippen molar-refractivity contribution in [3.8, 4) is 0 Å². The summed E-state index contributed by atoms with van der Waals surface area (Å²) >= 11 is 0. The molecule has 0 radical (unpaired) electrons. The van der Waals surface area contributed by atoms with Crippen LogP contribution >= 0.6 is 0 Å². The first kappa shape index (κ1) is 12.6. The molecule has 1 unspecified atom stereocenters. The summed E-state index contributed by atoms with van der Waals surface area (Å²) < 4.78 is 0.